The van der Waals surface area contributed by atoms with E-state index in [1.165, 1.54) is 0 Å². The summed E-state index contributed by atoms with van der Waals surface area (Å²) in [7, 11) is 1.56. The lowest BCUT2D eigenvalue weighted by Crippen LogP contribution is -2.23. The summed E-state index contributed by atoms with van der Waals surface area (Å²) < 4.78 is 5.04. The van der Waals surface area contributed by atoms with Crippen LogP contribution in [0, 0.1) is 0 Å². The van der Waals surface area contributed by atoms with Gasteiger partial charge in [-0.15, -0.1) is 0 Å². The minimum Gasteiger partial charge on any atom is -0.497 e. The zero-order valence-corrected chi connectivity index (χ0v) is 14.0. The Kier molecular flexibility index (Phi) is 6.28. The summed E-state index contributed by atoms with van der Waals surface area (Å²) in [6, 6.07) is 13.4. The van der Waals surface area contributed by atoms with Gasteiger partial charge in [-0.1, -0.05) is 12.1 Å². The Balaban J connectivity index is 1.77. The molecule has 0 atom stereocenters. The fourth-order valence-corrected chi connectivity index (χ4v) is 2.22. The lowest BCUT2D eigenvalue weighted by molar-refractivity contribution is -0.121. The molecule has 3 N–H and O–H groups in total. The summed E-state index contributed by atoms with van der Waals surface area (Å²) in [4.78, 5) is 34.9. The van der Waals surface area contributed by atoms with Crippen molar-refractivity contribution in [2.75, 3.05) is 7.11 Å². The first-order valence-corrected chi connectivity index (χ1v) is 7.82. The fourth-order valence-electron chi connectivity index (χ4n) is 2.22. The standard InChI is InChI=1S/C19H20N2O4/c1-25-16-8-6-14(7-9-16)17(22)10-11-18(23)21-12-13-2-4-15(5-3-13)19(20)24/h2-9H,10-12H2,1H3,(H2,20,24)(H,21,23). The maximum absolute atomic E-state index is 12.1. The third-order valence-electron chi connectivity index (χ3n) is 3.72. The van der Waals surface area contributed by atoms with Gasteiger partial charge in [0.1, 0.15) is 5.75 Å². The van der Waals surface area contributed by atoms with Crippen molar-refractivity contribution in [2.45, 2.75) is 19.4 Å². The molecule has 0 radical (unpaired) electrons. The minimum atomic E-state index is -0.493. The molecule has 130 valence electrons. The molecule has 0 aliphatic carbocycles. The zero-order chi connectivity index (χ0) is 18.2. The van der Waals surface area contributed by atoms with Gasteiger partial charge in [-0.25, -0.2) is 0 Å². The molecule has 0 aliphatic heterocycles. The van der Waals surface area contributed by atoms with E-state index in [4.69, 9.17) is 10.5 Å². The van der Waals surface area contributed by atoms with Gasteiger partial charge in [0.15, 0.2) is 5.78 Å². The quantitative estimate of drug-likeness (QED) is 0.719. The second-order valence-electron chi connectivity index (χ2n) is 5.49. The molecule has 0 heterocycles. The molecule has 6 heteroatoms. The molecule has 2 amide bonds. The highest BCUT2D eigenvalue weighted by molar-refractivity contribution is 5.98. The maximum atomic E-state index is 12.1. The maximum Gasteiger partial charge on any atom is 0.248 e. The van der Waals surface area contributed by atoms with Crippen molar-refractivity contribution in [3.05, 3.63) is 65.2 Å². The predicted molar refractivity (Wildman–Crippen MR) is 93.4 cm³/mol. The summed E-state index contributed by atoms with van der Waals surface area (Å²) in [5.74, 6) is -0.117. The van der Waals surface area contributed by atoms with Crippen LogP contribution in [-0.2, 0) is 11.3 Å². The summed E-state index contributed by atoms with van der Waals surface area (Å²) in [5, 5.41) is 2.75. The van der Waals surface area contributed by atoms with Crippen LogP contribution in [0.3, 0.4) is 0 Å². The smallest absolute Gasteiger partial charge is 0.248 e. The zero-order valence-electron chi connectivity index (χ0n) is 14.0. The molecule has 0 bridgehead atoms. The number of hydrogen-bond acceptors (Lipinski definition) is 4. The molecule has 0 fully saturated rings. The minimum absolute atomic E-state index is 0.0939. The first kappa shape index (κ1) is 18.2. The fraction of sp³-hybridized carbons (Fsp3) is 0.211. The van der Waals surface area contributed by atoms with Gasteiger partial charge >= 0.3 is 0 Å². The van der Waals surface area contributed by atoms with Crippen molar-refractivity contribution < 1.29 is 19.1 Å². The number of methoxy groups -OCH3 is 1. The first-order valence-electron chi connectivity index (χ1n) is 7.82. The van der Waals surface area contributed by atoms with E-state index in [2.05, 4.69) is 5.32 Å². The second kappa shape index (κ2) is 8.63. The Morgan fingerprint density at radius 1 is 0.920 bits per heavy atom. The largest absolute Gasteiger partial charge is 0.497 e. The molecule has 0 saturated heterocycles. The van der Waals surface area contributed by atoms with Gasteiger partial charge in [-0.05, 0) is 42.0 Å². The Hall–Kier alpha value is -3.15. The van der Waals surface area contributed by atoms with Crippen LogP contribution in [0.25, 0.3) is 0 Å². The molecule has 2 aromatic carbocycles. The molecule has 2 aromatic rings. The molecule has 0 aliphatic rings. The van der Waals surface area contributed by atoms with Crippen molar-refractivity contribution in [1.82, 2.24) is 5.32 Å². The van der Waals surface area contributed by atoms with E-state index in [-0.39, 0.29) is 24.5 Å². The van der Waals surface area contributed by atoms with Crippen LogP contribution in [0.1, 0.15) is 39.1 Å². The van der Waals surface area contributed by atoms with E-state index < -0.39 is 5.91 Å². The summed E-state index contributed by atoms with van der Waals surface area (Å²) in [6.45, 7) is 0.328. The Morgan fingerprint density at radius 2 is 1.52 bits per heavy atom. The number of rotatable bonds is 8. The van der Waals surface area contributed by atoms with Crippen LogP contribution < -0.4 is 15.8 Å². The molecule has 6 nitrogen and oxygen atoms in total. The van der Waals surface area contributed by atoms with Gasteiger partial charge in [0.25, 0.3) is 0 Å². The van der Waals surface area contributed by atoms with Gasteiger partial charge in [-0.3, -0.25) is 14.4 Å². The van der Waals surface area contributed by atoms with Crippen LogP contribution >= 0.6 is 0 Å². The van der Waals surface area contributed by atoms with Crippen LogP contribution in [-0.4, -0.2) is 24.7 Å². The summed E-state index contributed by atoms with van der Waals surface area (Å²) in [5.41, 5.74) is 6.99. The molecule has 0 aromatic heterocycles. The SMILES string of the molecule is COc1ccc(C(=O)CCC(=O)NCc2ccc(C(N)=O)cc2)cc1. The number of nitrogens with two attached hydrogens (primary N) is 1. The van der Waals surface area contributed by atoms with E-state index in [1.807, 2.05) is 0 Å². The lowest BCUT2D eigenvalue weighted by Gasteiger charge is -2.06. The monoisotopic (exact) mass is 340 g/mol. The Bertz CT molecular complexity index is 752. The lowest BCUT2D eigenvalue weighted by atomic mass is 10.1. The number of amides is 2. The van der Waals surface area contributed by atoms with Gasteiger partial charge in [0.05, 0.1) is 7.11 Å². The van der Waals surface area contributed by atoms with E-state index in [1.54, 1.807) is 55.6 Å². The Morgan fingerprint density at radius 3 is 2.08 bits per heavy atom. The van der Waals surface area contributed by atoms with Crippen LogP contribution in [0.15, 0.2) is 48.5 Å². The number of nitrogens with one attached hydrogen (secondary N) is 1. The van der Waals surface area contributed by atoms with Crippen LogP contribution in [0.2, 0.25) is 0 Å². The highest BCUT2D eigenvalue weighted by Gasteiger charge is 2.09. The van der Waals surface area contributed by atoms with Crippen molar-refractivity contribution in [3.63, 3.8) is 0 Å². The highest BCUT2D eigenvalue weighted by atomic mass is 16.5. The average Bonchev–Trinajstić information content (AvgIpc) is 2.64. The molecular formula is C19H20N2O4. The normalized spacial score (nSPS) is 10.1. The van der Waals surface area contributed by atoms with Gasteiger partial charge in [0, 0.05) is 30.5 Å². The third kappa shape index (κ3) is 5.46. The van der Waals surface area contributed by atoms with E-state index in [0.29, 0.717) is 23.4 Å². The number of benzene rings is 2. The van der Waals surface area contributed by atoms with Gasteiger partial charge in [0.2, 0.25) is 11.8 Å². The molecule has 0 saturated carbocycles. The molecular weight excluding hydrogens is 320 g/mol. The summed E-state index contributed by atoms with van der Waals surface area (Å²) >= 11 is 0. The first-order chi connectivity index (χ1) is 12.0. The number of hydrogen-bond donors (Lipinski definition) is 2. The van der Waals surface area contributed by atoms with Crippen molar-refractivity contribution in [3.8, 4) is 5.75 Å². The highest BCUT2D eigenvalue weighted by Crippen LogP contribution is 2.13. The number of carbonyl (C=O) groups is 3. The van der Waals surface area contributed by atoms with Gasteiger partial charge < -0.3 is 15.8 Å². The van der Waals surface area contributed by atoms with Crippen LogP contribution in [0.4, 0.5) is 0 Å². The number of primary amides is 1. The molecule has 2 rings (SSSR count). The molecule has 0 spiro atoms. The van der Waals surface area contributed by atoms with Gasteiger partial charge in [-0.2, -0.15) is 0 Å². The van der Waals surface area contributed by atoms with Crippen LogP contribution in [0.5, 0.6) is 5.75 Å². The van der Waals surface area contributed by atoms with E-state index in [0.717, 1.165) is 5.56 Å². The molecule has 0 unspecified atom stereocenters. The second-order valence-corrected chi connectivity index (χ2v) is 5.49. The summed E-state index contributed by atoms with van der Waals surface area (Å²) in [6.07, 6.45) is 0.253. The third-order valence-corrected chi connectivity index (χ3v) is 3.72. The van der Waals surface area contributed by atoms with Crippen molar-refractivity contribution in [1.29, 1.82) is 0 Å². The predicted octanol–water partition coefficient (Wildman–Crippen LogP) is 2.07. The topological polar surface area (TPSA) is 98.5 Å². The number of carbonyl (C=O) groups excluding carboxylic acids is 3. The molecule has 25 heavy (non-hydrogen) atoms. The van der Waals surface area contributed by atoms with Crippen molar-refractivity contribution >= 4 is 17.6 Å². The number of ether oxygens (including phenoxy) is 1. The average molecular weight is 340 g/mol. The van der Waals surface area contributed by atoms with E-state index >= 15 is 0 Å². The number of ketones is 1. The van der Waals surface area contributed by atoms with Crippen molar-refractivity contribution in [2.24, 2.45) is 5.73 Å². The Labute approximate surface area is 146 Å². The number of Topliss-reactive ketones (excluding diaryl/α,β-unsaturated/α-hetero) is 1. The van der Waals surface area contributed by atoms with E-state index in [9.17, 15) is 14.4 Å².